The predicted octanol–water partition coefficient (Wildman–Crippen LogP) is 2.36. The first-order chi connectivity index (χ1) is 8.40. The number of nitrogens with zero attached hydrogens (tertiary/aromatic N) is 1. The molecule has 1 saturated heterocycles. The van der Waals surface area contributed by atoms with Gasteiger partial charge in [0.1, 0.15) is 0 Å². The minimum absolute atomic E-state index is 0.374. The average Bonchev–Trinajstić information content (AvgIpc) is 2.27. The van der Waals surface area contributed by atoms with Crippen LogP contribution in [0.3, 0.4) is 0 Å². The lowest BCUT2D eigenvalue weighted by molar-refractivity contribution is 0.0394. The molecular weight excluding hydrogens is 224 g/mol. The van der Waals surface area contributed by atoms with E-state index in [-0.39, 0.29) is 0 Å². The summed E-state index contributed by atoms with van der Waals surface area (Å²) in [5.41, 5.74) is 6.28. The monoisotopic (exact) mass is 256 g/mol. The van der Waals surface area contributed by atoms with E-state index in [0.29, 0.717) is 11.3 Å². The largest absolute Gasteiger partial charge is 0.381 e. The third-order valence-electron chi connectivity index (χ3n) is 3.63. The topological polar surface area (TPSA) is 38.5 Å². The van der Waals surface area contributed by atoms with Gasteiger partial charge in [0.25, 0.3) is 0 Å². The molecule has 0 amide bonds. The summed E-state index contributed by atoms with van der Waals surface area (Å²) in [6.45, 7) is 11.8. The van der Waals surface area contributed by atoms with Crippen molar-refractivity contribution in [3.8, 4) is 0 Å². The Labute approximate surface area is 113 Å². The lowest BCUT2D eigenvalue weighted by Crippen LogP contribution is -2.37. The molecule has 1 heterocycles. The molecule has 1 rings (SSSR count). The van der Waals surface area contributed by atoms with Crippen LogP contribution in [0.25, 0.3) is 0 Å². The number of nitrogens with two attached hydrogens (primary N) is 1. The fourth-order valence-electron chi connectivity index (χ4n) is 3.00. The summed E-state index contributed by atoms with van der Waals surface area (Å²) in [5.74, 6) is 1.33. The van der Waals surface area contributed by atoms with E-state index in [1.54, 1.807) is 0 Å². The van der Waals surface area contributed by atoms with Crippen LogP contribution in [0, 0.1) is 17.3 Å². The Morgan fingerprint density at radius 3 is 2.61 bits per heavy atom. The second-order valence-corrected chi connectivity index (χ2v) is 7.17. The molecule has 0 spiro atoms. The number of ether oxygens (including phenoxy) is 1. The summed E-state index contributed by atoms with van der Waals surface area (Å²) >= 11 is 0. The van der Waals surface area contributed by atoms with Gasteiger partial charge in [-0.25, -0.2) is 0 Å². The molecule has 1 aliphatic heterocycles. The Bertz CT molecular complexity index is 219. The van der Waals surface area contributed by atoms with Gasteiger partial charge < -0.3 is 15.4 Å². The first-order valence-corrected chi connectivity index (χ1v) is 7.37. The molecule has 2 unspecified atom stereocenters. The van der Waals surface area contributed by atoms with E-state index in [4.69, 9.17) is 10.5 Å². The molecule has 108 valence electrons. The van der Waals surface area contributed by atoms with Crippen LogP contribution in [0.1, 0.15) is 40.0 Å². The molecule has 0 aromatic rings. The Kier molecular flexibility index (Phi) is 6.61. The van der Waals surface area contributed by atoms with Crippen molar-refractivity contribution >= 4 is 0 Å². The SMILES string of the molecule is CN(CC1CCCOC1)CC(CN)CC(C)(C)C. The fraction of sp³-hybridized carbons (Fsp3) is 1.00. The molecule has 1 aliphatic rings. The van der Waals surface area contributed by atoms with Gasteiger partial charge in [-0.05, 0) is 50.1 Å². The van der Waals surface area contributed by atoms with E-state index in [9.17, 15) is 0 Å². The molecule has 2 N–H and O–H groups in total. The van der Waals surface area contributed by atoms with Crippen LogP contribution < -0.4 is 5.73 Å². The lowest BCUT2D eigenvalue weighted by Gasteiger charge is -2.31. The van der Waals surface area contributed by atoms with Crippen LogP contribution in [-0.4, -0.2) is 44.8 Å². The van der Waals surface area contributed by atoms with Gasteiger partial charge in [0.05, 0.1) is 6.61 Å². The minimum atomic E-state index is 0.374. The van der Waals surface area contributed by atoms with Crippen LogP contribution in [0.15, 0.2) is 0 Å². The van der Waals surface area contributed by atoms with Gasteiger partial charge in [-0.15, -0.1) is 0 Å². The molecule has 3 heteroatoms. The van der Waals surface area contributed by atoms with Crippen LogP contribution in [-0.2, 0) is 4.74 Å². The standard InChI is InChI=1S/C15H32N2O/c1-15(2,3)8-14(9-16)11-17(4)10-13-6-5-7-18-12-13/h13-14H,5-12,16H2,1-4H3. The van der Waals surface area contributed by atoms with Gasteiger partial charge in [0, 0.05) is 19.7 Å². The minimum Gasteiger partial charge on any atom is -0.381 e. The highest BCUT2D eigenvalue weighted by molar-refractivity contribution is 4.74. The molecule has 1 fully saturated rings. The molecule has 0 aliphatic carbocycles. The van der Waals surface area contributed by atoms with Crippen LogP contribution in [0.4, 0.5) is 0 Å². The third kappa shape index (κ3) is 6.72. The molecule has 0 aromatic carbocycles. The first-order valence-electron chi connectivity index (χ1n) is 7.37. The molecule has 0 bridgehead atoms. The molecule has 18 heavy (non-hydrogen) atoms. The predicted molar refractivity (Wildman–Crippen MR) is 77.7 cm³/mol. The van der Waals surface area contributed by atoms with Crippen molar-refractivity contribution in [2.45, 2.75) is 40.0 Å². The lowest BCUT2D eigenvalue weighted by atomic mass is 9.84. The number of hydrogen-bond acceptors (Lipinski definition) is 3. The highest BCUT2D eigenvalue weighted by Gasteiger charge is 2.21. The number of hydrogen-bond donors (Lipinski definition) is 1. The highest BCUT2D eigenvalue weighted by Crippen LogP contribution is 2.24. The second kappa shape index (κ2) is 7.46. The third-order valence-corrected chi connectivity index (χ3v) is 3.63. The zero-order valence-electron chi connectivity index (χ0n) is 12.7. The Balaban J connectivity index is 2.29. The molecule has 0 radical (unpaired) electrons. The zero-order chi connectivity index (χ0) is 13.6. The first kappa shape index (κ1) is 15.9. The Morgan fingerprint density at radius 2 is 2.11 bits per heavy atom. The van der Waals surface area contributed by atoms with Crippen molar-refractivity contribution in [1.29, 1.82) is 0 Å². The molecule has 3 nitrogen and oxygen atoms in total. The zero-order valence-corrected chi connectivity index (χ0v) is 12.7. The summed E-state index contributed by atoms with van der Waals surface area (Å²) < 4.78 is 5.54. The summed E-state index contributed by atoms with van der Waals surface area (Å²) in [6.07, 6.45) is 3.74. The fourth-order valence-corrected chi connectivity index (χ4v) is 3.00. The van der Waals surface area contributed by atoms with Gasteiger partial charge in [0.2, 0.25) is 0 Å². The Morgan fingerprint density at radius 1 is 1.39 bits per heavy atom. The van der Waals surface area contributed by atoms with Gasteiger partial charge >= 0.3 is 0 Å². The summed E-state index contributed by atoms with van der Waals surface area (Å²) in [6, 6.07) is 0. The van der Waals surface area contributed by atoms with E-state index < -0.39 is 0 Å². The maximum absolute atomic E-state index is 5.91. The van der Waals surface area contributed by atoms with Gasteiger partial charge in [-0.3, -0.25) is 0 Å². The van der Waals surface area contributed by atoms with Crippen molar-refractivity contribution in [3.05, 3.63) is 0 Å². The second-order valence-electron chi connectivity index (χ2n) is 7.17. The maximum Gasteiger partial charge on any atom is 0.0506 e. The van der Waals surface area contributed by atoms with Crippen LogP contribution >= 0.6 is 0 Å². The maximum atomic E-state index is 5.91. The van der Waals surface area contributed by atoms with E-state index in [2.05, 4.69) is 32.7 Å². The van der Waals surface area contributed by atoms with Crippen molar-refractivity contribution in [3.63, 3.8) is 0 Å². The van der Waals surface area contributed by atoms with E-state index in [1.807, 2.05) is 0 Å². The van der Waals surface area contributed by atoms with Gasteiger partial charge in [-0.2, -0.15) is 0 Å². The summed E-state index contributed by atoms with van der Waals surface area (Å²) in [4.78, 5) is 2.45. The highest BCUT2D eigenvalue weighted by atomic mass is 16.5. The van der Waals surface area contributed by atoms with Crippen LogP contribution in [0.5, 0.6) is 0 Å². The van der Waals surface area contributed by atoms with E-state index in [1.165, 1.54) is 19.3 Å². The van der Waals surface area contributed by atoms with E-state index in [0.717, 1.165) is 38.8 Å². The van der Waals surface area contributed by atoms with Crippen molar-refractivity contribution in [1.82, 2.24) is 4.90 Å². The van der Waals surface area contributed by atoms with Crippen molar-refractivity contribution in [2.75, 3.05) is 39.9 Å². The molecular formula is C15H32N2O. The summed E-state index contributed by atoms with van der Waals surface area (Å²) in [5, 5.41) is 0. The number of rotatable bonds is 6. The molecule has 0 aromatic heterocycles. The molecule has 0 saturated carbocycles. The van der Waals surface area contributed by atoms with Gasteiger partial charge in [0.15, 0.2) is 0 Å². The normalized spacial score (nSPS) is 23.3. The van der Waals surface area contributed by atoms with Crippen molar-refractivity contribution < 1.29 is 4.74 Å². The van der Waals surface area contributed by atoms with E-state index >= 15 is 0 Å². The average molecular weight is 256 g/mol. The smallest absolute Gasteiger partial charge is 0.0506 e. The van der Waals surface area contributed by atoms with Crippen LogP contribution in [0.2, 0.25) is 0 Å². The van der Waals surface area contributed by atoms with Gasteiger partial charge in [-0.1, -0.05) is 20.8 Å². The summed E-state index contributed by atoms with van der Waals surface area (Å²) in [7, 11) is 2.22. The molecule has 2 atom stereocenters. The Hall–Kier alpha value is -0.120. The quantitative estimate of drug-likeness (QED) is 0.793. The van der Waals surface area contributed by atoms with Crippen molar-refractivity contribution in [2.24, 2.45) is 23.0 Å².